The van der Waals surface area contributed by atoms with Gasteiger partial charge in [0, 0.05) is 5.69 Å². The van der Waals surface area contributed by atoms with Gasteiger partial charge in [-0.2, -0.15) is 0 Å². The van der Waals surface area contributed by atoms with Crippen LogP contribution in [0, 0.1) is 0 Å². The summed E-state index contributed by atoms with van der Waals surface area (Å²) < 4.78 is 2.13. The molecule has 2 rings (SSSR count). The summed E-state index contributed by atoms with van der Waals surface area (Å²) in [6, 6.07) is 5.76. The second-order valence-electron chi connectivity index (χ2n) is 3.47. The number of carbonyl (C=O) groups is 1. The molecule has 0 bridgehead atoms. The number of halogens is 1. The lowest BCUT2D eigenvalue weighted by Gasteiger charge is -2.05. The number of thioether (sulfide) groups is 1. The summed E-state index contributed by atoms with van der Waals surface area (Å²) in [4.78, 5) is 15.8. The predicted octanol–water partition coefficient (Wildman–Crippen LogP) is 3.74. The summed E-state index contributed by atoms with van der Waals surface area (Å²) in [5, 5.41) is 2.85. The molecule has 90 valence electrons. The maximum atomic E-state index is 11.5. The third-order valence-corrected chi connectivity index (χ3v) is 4.59. The number of amides is 1. The Bertz CT molecular complexity index is 553. The van der Waals surface area contributed by atoms with E-state index in [1.54, 1.807) is 30.0 Å². The van der Waals surface area contributed by atoms with Crippen molar-refractivity contribution in [2.75, 3.05) is 11.6 Å². The van der Waals surface area contributed by atoms with Gasteiger partial charge in [0.1, 0.15) is 0 Å². The topological polar surface area (TPSA) is 42.0 Å². The summed E-state index contributed by atoms with van der Waals surface area (Å²) >= 11 is 6.50. The molecule has 0 saturated carbocycles. The Morgan fingerprint density at radius 3 is 3.00 bits per heavy atom. The second kappa shape index (κ2) is 5.37. The third-order valence-electron chi connectivity index (χ3n) is 2.17. The first-order chi connectivity index (χ1) is 8.10. The zero-order valence-corrected chi connectivity index (χ0v) is 12.6. The van der Waals surface area contributed by atoms with Crippen LogP contribution in [0.4, 0.5) is 5.69 Å². The first kappa shape index (κ1) is 12.9. The Morgan fingerprint density at radius 2 is 2.35 bits per heavy atom. The van der Waals surface area contributed by atoms with Gasteiger partial charge in [-0.3, -0.25) is 4.79 Å². The van der Waals surface area contributed by atoms with Crippen LogP contribution in [-0.4, -0.2) is 22.0 Å². The van der Waals surface area contributed by atoms with Crippen molar-refractivity contribution in [2.45, 2.75) is 16.1 Å². The molecular formula is C11H11BrN2OS2. The van der Waals surface area contributed by atoms with Crippen molar-refractivity contribution < 1.29 is 4.79 Å². The Morgan fingerprint density at radius 1 is 1.59 bits per heavy atom. The molecule has 0 aliphatic rings. The molecule has 3 nitrogen and oxygen atoms in total. The van der Waals surface area contributed by atoms with E-state index < -0.39 is 0 Å². The SMILES string of the molecule is CSc1nc2ccc(NC(=O)C(C)Br)cc2s1. The third kappa shape index (κ3) is 3.00. The first-order valence-corrected chi connectivity index (χ1v) is 7.95. The van der Waals surface area contributed by atoms with Gasteiger partial charge in [0.2, 0.25) is 5.91 Å². The number of carbonyl (C=O) groups excluding carboxylic acids is 1. The molecule has 1 aromatic carbocycles. The molecule has 0 saturated heterocycles. The van der Waals surface area contributed by atoms with E-state index in [0.29, 0.717) is 0 Å². The van der Waals surface area contributed by atoms with E-state index >= 15 is 0 Å². The van der Waals surface area contributed by atoms with Crippen LogP contribution < -0.4 is 5.32 Å². The quantitative estimate of drug-likeness (QED) is 0.688. The minimum Gasteiger partial charge on any atom is -0.325 e. The van der Waals surface area contributed by atoms with Crippen molar-refractivity contribution in [1.29, 1.82) is 0 Å². The zero-order chi connectivity index (χ0) is 12.4. The number of rotatable bonds is 3. The molecule has 0 aliphatic heterocycles. The maximum Gasteiger partial charge on any atom is 0.237 e. The van der Waals surface area contributed by atoms with Gasteiger partial charge in [-0.1, -0.05) is 27.7 Å². The molecule has 0 spiro atoms. The molecule has 1 aromatic heterocycles. The number of benzene rings is 1. The molecule has 0 radical (unpaired) electrons. The van der Waals surface area contributed by atoms with Crippen LogP contribution in [0.15, 0.2) is 22.5 Å². The van der Waals surface area contributed by atoms with Gasteiger partial charge in [-0.05, 0) is 31.4 Å². The minimum absolute atomic E-state index is 0.0426. The molecule has 1 atom stereocenters. The van der Waals surface area contributed by atoms with Crippen molar-refractivity contribution in [2.24, 2.45) is 0 Å². The predicted molar refractivity (Wildman–Crippen MR) is 78.4 cm³/mol. The lowest BCUT2D eigenvalue weighted by Crippen LogP contribution is -2.19. The highest BCUT2D eigenvalue weighted by Gasteiger charge is 2.10. The van der Waals surface area contributed by atoms with Crippen LogP contribution in [0.5, 0.6) is 0 Å². The molecule has 2 aromatic rings. The van der Waals surface area contributed by atoms with Gasteiger partial charge in [0.15, 0.2) is 4.34 Å². The van der Waals surface area contributed by atoms with Crippen molar-refractivity contribution >= 4 is 60.8 Å². The Balaban J connectivity index is 2.28. The summed E-state index contributed by atoms with van der Waals surface area (Å²) in [5.41, 5.74) is 1.79. The summed E-state index contributed by atoms with van der Waals surface area (Å²) in [5.74, 6) is -0.0426. The van der Waals surface area contributed by atoms with Crippen molar-refractivity contribution in [3.8, 4) is 0 Å². The second-order valence-corrected chi connectivity index (χ2v) is 6.93. The van der Waals surface area contributed by atoms with Crippen molar-refractivity contribution in [3.63, 3.8) is 0 Å². The molecule has 17 heavy (non-hydrogen) atoms. The lowest BCUT2D eigenvalue weighted by atomic mass is 10.3. The highest BCUT2D eigenvalue weighted by atomic mass is 79.9. The largest absolute Gasteiger partial charge is 0.325 e. The summed E-state index contributed by atoms with van der Waals surface area (Å²) in [6.45, 7) is 1.80. The van der Waals surface area contributed by atoms with Crippen LogP contribution >= 0.6 is 39.0 Å². The number of nitrogens with one attached hydrogen (secondary N) is 1. The number of hydrogen-bond donors (Lipinski definition) is 1. The average molecular weight is 331 g/mol. The molecular weight excluding hydrogens is 320 g/mol. The van der Waals surface area contributed by atoms with Crippen LogP contribution in [-0.2, 0) is 4.79 Å². The maximum absolute atomic E-state index is 11.5. The van der Waals surface area contributed by atoms with Crippen molar-refractivity contribution in [3.05, 3.63) is 18.2 Å². The summed E-state index contributed by atoms with van der Waals surface area (Å²) in [7, 11) is 0. The van der Waals surface area contributed by atoms with Crippen LogP contribution in [0.3, 0.4) is 0 Å². The highest BCUT2D eigenvalue weighted by Crippen LogP contribution is 2.30. The van der Waals surface area contributed by atoms with E-state index in [-0.39, 0.29) is 10.7 Å². The van der Waals surface area contributed by atoms with E-state index in [2.05, 4.69) is 26.2 Å². The number of anilines is 1. The normalized spacial score (nSPS) is 12.6. The van der Waals surface area contributed by atoms with E-state index in [4.69, 9.17) is 0 Å². The van der Waals surface area contributed by atoms with Gasteiger partial charge < -0.3 is 5.32 Å². The Kier molecular flexibility index (Phi) is 4.06. The fraction of sp³-hybridized carbons (Fsp3) is 0.273. The van der Waals surface area contributed by atoms with Gasteiger partial charge in [0.05, 0.1) is 15.0 Å². The number of hydrogen-bond acceptors (Lipinski definition) is 4. The van der Waals surface area contributed by atoms with Crippen LogP contribution in [0.1, 0.15) is 6.92 Å². The highest BCUT2D eigenvalue weighted by molar-refractivity contribution is 9.10. The number of alkyl halides is 1. The molecule has 1 amide bonds. The van der Waals surface area contributed by atoms with Gasteiger partial charge >= 0.3 is 0 Å². The van der Waals surface area contributed by atoms with E-state index in [0.717, 1.165) is 20.2 Å². The van der Waals surface area contributed by atoms with Gasteiger partial charge in [-0.25, -0.2) is 4.98 Å². The standard InChI is InChI=1S/C11H11BrN2OS2/c1-6(12)10(15)13-7-3-4-8-9(5-7)17-11(14-8)16-2/h3-6H,1-2H3,(H,13,15). The molecule has 1 heterocycles. The monoisotopic (exact) mass is 330 g/mol. The van der Waals surface area contributed by atoms with E-state index in [1.165, 1.54) is 0 Å². The number of nitrogens with zero attached hydrogens (tertiary/aromatic N) is 1. The molecule has 6 heteroatoms. The first-order valence-electron chi connectivity index (χ1n) is 4.99. The van der Waals surface area contributed by atoms with Crippen LogP contribution in [0.25, 0.3) is 10.2 Å². The molecule has 1 unspecified atom stereocenters. The minimum atomic E-state index is -0.193. The van der Waals surface area contributed by atoms with Crippen LogP contribution in [0.2, 0.25) is 0 Å². The number of fused-ring (bicyclic) bond motifs is 1. The number of aromatic nitrogens is 1. The lowest BCUT2D eigenvalue weighted by molar-refractivity contribution is -0.115. The Hall–Kier alpha value is -0.590. The average Bonchev–Trinajstić information content (AvgIpc) is 2.70. The molecule has 0 aliphatic carbocycles. The van der Waals surface area contributed by atoms with E-state index in [9.17, 15) is 4.79 Å². The molecule has 1 N–H and O–H groups in total. The van der Waals surface area contributed by atoms with Gasteiger partial charge in [0.25, 0.3) is 0 Å². The smallest absolute Gasteiger partial charge is 0.237 e. The number of thiazole rings is 1. The summed E-state index contributed by atoms with van der Waals surface area (Å²) in [6.07, 6.45) is 2.01. The van der Waals surface area contributed by atoms with E-state index in [1.807, 2.05) is 24.5 Å². The van der Waals surface area contributed by atoms with Crippen molar-refractivity contribution in [1.82, 2.24) is 4.98 Å². The fourth-order valence-corrected chi connectivity index (χ4v) is 2.95. The fourth-order valence-electron chi connectivity index (χ4n) is 1.31. The zero-order valence-electron chi connectivity index (χ0n) is 9.36. The Labute approximate surface area is 116 Å². The molecule has 0 fully saturated rings. The van der Waals surface area contributed by atoms with Gasteiger partial charge in [-0.15, -0.1) is 11.3 Å².